The smallest absolute Gasteiger partial charge is 0.252 e. The lowest BCUT2D eigenvalue weighted by atomic mass is 9.89. The van der Waals surface area contributed by atoms with Crippen molar-refractivity contribution in [2.45, 2.75) is 70.2 Å². The van der Waals surface area contributed by atoms with Gasteiger partial charge < -0.3 is 15.5 Å². The van der Waals surface area contributed by atoms with Crippen LogP contribution in [0.15, 0.2) is 29.2 Å². The Bertz CT molecular complexity index is 740. The summed E-state index contributed by atoms with van der Waals surface area (Å²) in [6.45, 7) is 10.6. The molecule has 1 heterocycles. The number of amides is 2. The van der Waals surface area contributed by atoms with Gasteiger partial charge in [-0.05, 0) is 56.1 Å². The van der Waals surface area contributed by atoms with Crippen LogP contribution in [0.1, 0.15) is 69.7 Å². The molecule has 2 aliphatic rings. The van der Waals surface area contributed by atoms with E-state index in [1.54, 1.807) is 0 Å². The number of piperidine rings is 1. The molecule has 5 nitrogen and oxygen atoms in total. The van der Waals surface area contributed by atoms with Crippen LogP contribution in [0.25, 0.3) is 0 Å². The molecule has 0 radical (unpaired) electrons. The van der Waals surface area contributed by atoms with Crippen molar-refractivity contribution >= 4 is 23.6 Å². The Balaban J connectivity index is 1.46. The summed E-state index contributed by atoms with van der Waals surface area (Å²) in [5.74, 6) is 2.39. The molecular weight excluding hydrogens is 418 g/mol. The second kappa shape index (κ2) is 12.6. The van der Waals surface area contributed by atoms with E-state index in [2.05, 4.69) is 36.3 Å². The number of carbonyl (C=O) groups is 2. The van der Waals surface area contributed by atoms with Crippen LogP contribution >= 0.6 is 11.8 Å². The van der Waals surface area contributed by atoms with E-state index in [0.717, 1.165) is 31.1 Å². The maximum Gasteiger partial charge on any atom is 0.252 e. The van der Waals surface area contributed by atoms with Crippen molar-refractivity contribution in [2.75, 3.05) is 31.9 Å². The van der Waals surface area contributed by atoms with Gasteiger partial charge in [-0.25, -0.2) is 0 Å². The zero-order chi connectivity index (χ0) is 22.9. The molecule has 0 spiro atoms. The van der Waals surface area contributed by atoms with E-state index in [0.29, 0.717) is 29.1 Å². The number of likely N-dealkylation sites (tertiary alicyclic amines) is 1. The molecule has 1 aliphatic heterocycles. The Kier molecular flexibility index (Phi) is 9.92. The van der Waals surface area contributed by atoms with Gasteiger partial charge >= 0.3 is 0 Å². The number of nitrogens with zero attached hydrogens (tertiary/aromatic N) is 1. The lowest BCUT2D eigenvalue weighted by molar-refractivity contribution is -0.118. The molecule has 1 aromatic carbocycles. The van der Waals surface area contributed by atoms with Crippen LogP contribution in [-0.4, -0.2) is 54.7 Å². The molecule has 1 saturated carbocycles. The number of hydrogen-bond acceptors (Lipinski definition) is 4. The number of thioether (sulfide) groups is 1. The standard InChI is InChI=1S/C26H41N3O2S/c1-19-13-20(2)16-29(15-19)17-21(3)28-26(31)23-11-7-8-12-24(23)32-18-25(30)27-14-22-9-5-4-6-10-22/h7-8,11-12,19-22H,4-6,9-10,13-18H2,1-3H3,(H,27,30)(H,28,31). The summed E-state index contributed by atoms with van der Waals surface area (Å²) in [4.78, 5) is 28.7. The van der Waals surface area contributed by atoms with Gasteiger partial charge in [-0.15, -0.1) is 11.8 Å². The minimum atomic E-state index is -0.0543. The minimum absolute atomic E-state index is 0.0532. The fourth-order valence-electron chi connectivity index (χ4n) is 5.30. The van der Waals surface area contributed by atoms with Gasteiger partial charge in [0, 0.05) is 37.1 Å². The number of nitrogens with one attached hydrogen (secondary N) is 2. The van der Waals surface area contributed by atoms with Crippen molar-refractivity contribution in [3.05, 3.63) is 29.8 Å². The van der Waals surface area contributed by atoms with Crippen LogP contribution < -0.4 is 10.6 Å². The van der Waals surface area contributed by atoms with Crippen LogP contribution in [-0.2, 0) is 4.79 Å². The third-order valence-corrected chi connectivity index (χ3v) is 7.73. The Hall–Kier alpha value is -1.53. The average molecular weight is 460 g/mol. The number of carbonyl (C=O) groups excluding carboxylic acids is 2. The molecule has 1 aliphatic carbocycles. The largest absolute Gasteiger partial charge is 0.355 e. The zero-order valence-electron chi connectivity index (χ0n) is 20.1. The summed E-state index contributed by atoms with van der Waals surface area (Å²) >= 11 is 1.45. The molecule has 2 amide bonds. The van der Waals surface area contributed by atoms with E-state index in [9.17, 15) is 9.59 Å². The average Bonchev–Trinajstić information content (AvgIpc) is 2.76. The lowest BCUT2D eigenvalue weighted by Gasteiger charge is -2.36. The highest BCUT2D eigenvalue weighted by molar-refractivity contribution is 8.00. The second-order valence-corrected chi connectivity index (χ2v) is 11.1. The molecule has 1 aromatic rings. The molecule has 1 saturated heterocycles. The van der Waals surface area contributed by atoms with Gasteiger partial charge in [-0.3, -0.25) is 9.59 Å². The maximum atomic E-state index is 13.0. The Morgan fingerprint density at radius 1 is 1.09 bits per heavy atom. The first-order valence-corrected chi connectivity index (χ1v) is 13.4. The summed E-state index contributed by atoms with van der Waals surface area (Å²) in [5.41, 5.74) is 0.657. The first kappa shape index (κ1) is 25.1. The van der Waals surface area contributed by atoms with E-state index < -0.39 is 0 Å². The Morgan fingerprint density at radius 2 is 1.78 bits per heavy atom. The van der Waals surface area contributed by atoms with Crippen molar-refractivity contribution in [3.63, 3.8) is 0 Å². The highest BCUT2D eigenvalue weighted by atomic mass is 32.2. The first-order chi connectivity index (χ1) is 15.4. The van der Waals surface area contributed by atoms with Crippen LogP contribution in [0.5, 0.6) is 0 Å². The van der Waals surface area contributed by atoms with Gasteiger partial charge in [-0.1, -0.05) is 45.2 Å². The molecule has 2 fully saturated rings. The fraction of sp³-hybridized carbons (Fsp3) is 0.692. The fourth-order valence-corrected chi connectivity index (χ4v) is 6.18. The van der Waals surface area contributed by atoms with Crippen molar-refractivity contribution in [1.82, 2.24) is 15.5 Å². The van der Waals surface area contributed by atoms with Gasteiger partial charge in [-0.2, -0.15) is 0 Å². The zero-order valence-corrected chi connectivity index (χ0v) is 20.9. The summed E-state index contributed by atoms with van der Waals surface area (Å²) in [5, 5.41) is 6.27. The third-order valence-electron chi connectivity index (χ3n) is 6.66. The summed E-state index contributed by atoms with van der Waals surface area (Å²) in [6, 6.07) is 7.69. The van der Waals surface area contributed by atoms with Crippen molar-refractivity contribution in [2.24, 2.45) is 17.8 Å². The minimum Gasteiger partial charge on any atom is -0.355 e. The monoisotopic (exact) mass is 459 g/mol. The molecular formula is C26H41N3O2S. The van der Waals surface area contributed by atoms with Crippen LogP contribution in [0.4, 0.5) is 0 Å². The Labute approximate surface area is 198 Å². The Morgan fingerprint density at radius 3 is 2.50 bits per heavy atom. The van der Waals surface area contributed by atoms with Gasteiger partial charge in [0.05, 0.1) is 11.3 Å². The van der Waals surface area contributed by atoms with Crippen molar-refractivity contribution < 1.29 is 9.59 Å². The molecule has 32 heavy (non-hydrogen) atoms. The van der Waals surface area contributed by atoms with Gasteiger partial charge in [0.1, 0.15) is 0 Å². The molecule has 2 N–H and O–H groups in total. The second-order valence-electron chi connectivity index (χ2n) is 10.1. The molecule has 6 heteroatoms. The molecule has 0 aromatic heterocycles. The molecule has 178 valence electrons. The summed E-state index contributed by atoms with van der Waals surface area (Å²) in [6.07, 6.45) is 7.63. The first-order valence-electron chi connectivity index (χ1n) is 12.4. The van der Waals surface area contributed by atoms with Crippen LogP contribution in [0, 0.1) is 17.8 Å². The van der Waals surface area contributed by atoms with E-state index in [-0.39, 0.29) is 17.9 Å². The highest BCUT2D eigenvalue weighted by Gasteiger charge is 2.24. The quantitative estimate of drug-likeness (QED) is 0.531. The van der Waals surface area contributed by atoms with E-state index in [1.165, 1.54) is 50.3 Å². The van der Waals surface area contributed by atoms with E-state index >= 15 is 0 Å². The molecule has 0 bridgehead atoms. The van der Waals surface area contributed by atoms with Crippen molar-refractivity contribution in [3.8, 4) is 0 Å². The normalized spacial score (nSPS) is 23.5. The van der Waals surface area contributed by atoms with Gasteiger partial charge in [0.15, 0.2) is 0 Å². The number of hydrogen-bond donors (Lipinski definition) is 2. The van der Waals surface area contributed by atoms with Crippen LogP contribution in [0.2, 0.25) is 0 Å². The molecule has 3 atom stereocenters. The topological polar surface area (TPSA) is 61.4 Å². The summed E-state index contributed by atoms with van der Waals surface area (Å²) < 4.78 is 0. The number of benzene rings is 1. The predicted molar refractivity (Wildman–Crippen MR) is 133 cm³/mol. The van der Waals surface area contributed by atoms with Crippen molar-refractivity contribution in [1.29, 1.82) is 0 Å². The third kappa shape index (κ3) is 8.11. The van der Waals surface area contributed by atoms with Gasteiger partial charge in [0.25, 0.3) is 5.91 Å². The molecule has 3 unspecified atom stereocenters. The lowest BCUT2D eigenvalue weighted by Crippen LogP contribution is -2.47. The highest BCUT2D eigenvalue weighted by Crippen LogP contribution is 2.25. The number of rotatable bonds is 9. The maximum absolute atomic E-state index is 13.0. The predicted octanol–water partition coefficient (Wildman–Crippen LogP) is 4.57. The van der Waals surface area contributed by atoms with E-state index in [4.69, 9.17) is 0 Å². The summed E-state index contributed by atoms with van der Waals surface area (Å²) in [7, 11) is 0. The van der Waals surface area contributed by atoms with Crippen LogP contribution in [0.3, 0.4) is 0 Å². The van der Waals surface area contributed by atoms with Gasteiger partial charge in [0.2, 0.25) is 5.91 Å². The van der Waals surface area contributed by atoms with E-state index in [1.807, 2.05) is 24.3 Å². The molecule has 3 rings (SSSR count). The SMILES string of the molecule is CC1CC(C)CN(CC(C)NC(=O)c2ccccc2SCC(=O)NCC2CCCCC2)C1.